The molecule has 66 valence electrons. The van der Waals surface area contributed by atoms with Crippen molar-refractivity contribution in [3.8, 4) is 0 Å². The maximum absolute atomic E-state index is 9.46. The first-order valence-electron chi connectivity index (χ1n) is 3.87. The van der Waals surface area contributed by atoms with Crippen LogP contribution >= 0.6 is 0 Å². The van der Waals surface area contributed by atoms with Crippen LogP contribution in [0.25, 0.3) is 0 Å². The molecule has 12 heavy (non-hydrogen) atoms. The standard InChI is InChI=1S/C9H13NO2/c10-6-8(11)9(12)7-4-2-1-3-5-7/h1-5,8-9,11-12H,6,10H2/t8-,9-/m0/s1. The summed E-state index contributed by atoms with van der Waals surface area (Å²) in [6, 6.07) is 8.97. The molecule has 0 spiro atoms. The Morgan fingerprint density at radius 3 is 2.25 bits per heavy atom. The van der Waals surface area contributed by atoms with E-state index in [2.05, 4.69) is 0 Å². The third-order valence-electron chi connectivity index (χ3n) is 1.75. The molecular weight excluding hydrogens is 154 g/mol. The van der Waals surface area contributed by atoms with E-state index in [9.17, 15) is 10.2 Å². The van der Waals surface area contributed by atoms with Crippen molar-refractivity contribution in [3.63, 3.8) is 0 Å². The molecule has 1 aromatic carbocycles. The lowest BCUT2D eigenvalue weighted by Gasteiger charge is -2.15. The van der Waals surface area contributed by atoms with Gasteiger partial charge in [-0.15, -0.1) is 0 Å². The first-order valence-corrected chi connectivity index (χ1v) is 3.87. The molecule has 0 aliphatic carbocycles. The van der Waals surface area contributed by atoms with E-state index in [1.165, 1.54) is 0 Å². The van der Waals surface area contributed by atoms with Crippen LogP contribution in [0.2, 0.25) is 0 Å². The molecule has 4 N–H and O–H groups in total. The summed E-state index contributed by atoms with van der Waals surface area (Å²) in [4.78, 5) is 0. The molecule has 2 atom stereocenters. The zero-order chi connectivity index (χ0) is 8.97. The first kappa shape index (κ1) is 9.19. The Hall–Kier alpha value is -0.900. The molecule has 1 aromatic rings. The number of aliphatic hydroxyl groups is 2. The fourth-order valence-corrected chi connectivity index (χ4v) is 1.00. The van der Waals surface area contributed by atoms with E-state index in [0.29, 0.717) is 5.56 Å². The molecule has 0 bridgehead atoms. The average molecular weight is 167 g/mol. The van der Waals surface area contributed by atoms with E-state index < -0.39 is 12.2 Å². The number of rotatable bonds is 3. The van der Waals surface area contributed by atoms with Crippen LogP contribution in [-0.2, 0) is 0 Å². The molecule has 0 aliphatic heterocycles. The van der Waals surface area contributed by atoms with Crippen molar-refractivity contribution in [1.82, 2.24) is 0 Å². The van der Waals surface area contributed by atoms with Gasteiger partial charge in [0.25, 0.3) is 0 Å². The minimum Gasteiger partial charge on any atom is -0.389 e. The van der Waals surface area contributed by atoms with Crippen LogP contribution in [0.5, 0.6) is 0 Å². The third-order valence-corrected chi connectivity index (χ3v) is 1.75. The van der Waals surface area contributed by atoms with Gasteiger partial charge in [-0.2, -0.15) is 0 Å². The molecule has 0 aliphatic rings. The van der Waals surface area contributed by atoms with Crippen molar-refractivity contribution in [2.24, 2.45) is 5.73 Å². The molecule has 3 heteroatoms. The van der Waals surface area contributed by atoms with Crippen molar-refractivity contribution in [2.45, 2.75) is 12.2 Å². The van der Waals surface area contributed by atoms with Gasteiger partial charge in [0.2, 0.25) is 0 Å². The summed E-state index contributed by atoms with van der Waals surface area (Å²) in [5, 5.41) is 18.7. The highest BCUT2D eigenvalue weighted by atomic mass is 16.3. The second kappa shape index (κ2) is 4.21. The highest BCUT2D eigenvalue weighted by molar-refractivity contribution is 5.18. The summed E-state index contributed by atoms with van der Waals surface area (Å²) < 4.78 is 0. The van der Waals surface area contributed by atoms with E-state index in [4.69, 9.17) is 5.73 Å². The Bertz CT molecular complexity index is 225. The molecule has 0 saturated heterocycles. The van der Waals surface area contributed by atoms with Crippen LogP contribution in [0, 0.1) is 0 Å². The van der Waals surface area contributed by atoms with Gasteiger partial charge in [-0.1, -0.05) is 30.3 Å². The first-order chi connectivity index (χ1) is 5.75. The smallest absolute Gasteiger partial charge is 0.106 e. The maximum Gasteiger partial charge on any atom is 0.106 e. The predicted molar refractivity (Wildman–Crippen MR) is 46.5 cm³/mol. The van der Waals surface area contributed by atoms with Gasteiger partial charge in [0.1, 0.15) is 6.10 Å². The van der Waals surface area contributed by atoms with Crippen molar-refractivity contribution >= 4 is 0 Å². The van der Waals surface area contributed by atoms with Crippen molar-refractivity contribution in [3.05, 3.63) is 35.9 Å². The highest BCUT2D eigenvalue weighted by Crippen LogP contribution is 2.14. The van der Waals surface area contributed by atoms with Gasteiger partial charge in [0.05, 0.1) is 6.10 Å². The van der Waals surface area contributed by atoms with Crippen LogP contribution < -0.4 is 5.73 Å². The highest BCUT2D eigenvalue weighted by Gasteiger charge is 2.15. The number of nitrogens with two attached hydrogens (primary N) is 1. The Morgan fingerprint density at radius 1 is 1.17 bits per heavy atom. The third kappa shape index (κ3) is 2.04. The van der Waals surface area contributed by atoms with Crippen molar-refractivity contribution in [1.29, 1.82) is 0 Å². The van der Waals surface area contributed by atoms with Crippen molar-refractivity contribution in [2.75, 3.05) is 6.54 Å². The molecule has 0 unspecified atom stereocenters. The lowest BCUT2D eigenvalue weighted by molar-refractivity contribution is 0.0243. The number of aliphatic hydroxyl groups excluding tert-OH is 2. The van der Waals surface area contributed by atoms with E-state index in [-0.39, 0.29) is 6.54 Å². The number of benzene rings is 1. The van der Waals surface area contributed by atoms with E-state index in [0.717, 1.165) is 0 Å². The van der Waals surface area contributed by atoms with Gasteiger partial charge in [-0.25, -0.2) is 0 Å². The van der Waals surface area contributed by atoms with Gasteiger partial charge in [0.15, 0.2) is 0 Å². The summed E-state index contributed by atoms with van der Waals surface area (Å²) in [6.07, 6.45) is -1.76. The Kier molecular flexibility index (Phi) is 3.22. The Morgan fingerprint density at radius 2 is 1.75 bits per heavy atom. The monoisotopic (exact) mass is 167 g/mol. The minimum absolute atomic E-state index is 0.0655. The minimum atomic E-state index is -0.882. The van der Waals surface area contributed by atoms with Crippen LogP contribution in [0.15, 0.2) is 30.3 Å². The normalized spacial score (nSPS) is 15.6. The van der Waals surface area contributed by atoms with Gasteiger partial charge < -0.3 is 15.9 Å². The molecule has 3 nitrogen and oxygen atoms in total. The van der Waals surface area contributed by atoms with Gasteiger partial charge >= 0.3 is 0 Å². The topological polar surface area (TPSA) is 66.5 Å². The quantitative estimate of drug-likeness (QED) is 0.595. The molecular formula is C9H13NO2. The zero-order valence-electron chi connectivity index (χ0n) is 6.72. The molecule has 0 saturated carbocycles. The summed E-state index contributed by atoms with van der Waals surface area (Å²) >= 11 is 0. The van der Waals surface area contributed by atoms with Crippen LogP contribution in [-0.4, -0.2) is 22.9 Å². The summed E-state index contributed by atoms with van der Waals surface area (Å²) in [5.74, 6) is 0. The molecule has 0 amide bonds. The van der Waals surface area contributed by atoms with Crippen LogP contribution in [0.3, 0.4) is 0 Å². The second-order valence-electron chi connectivity index (χ2n) is 2.66. The molecule has 1 rings (SSSR count). The van der Waals surface area contributed by atoms with Crippen LogP contribution in [0.1, 0.15) is 11.7 Å². The average Bonchev–Trinajstić information content (AvgIpc) is 2.17. The molecule has 0 aromatic heterocycles. The van der Waals surface area contributed by atoms with Gasteiger partial charge in [-0.05, 0) is 5.56 Å². The largest absolute Gasteiger partial charge is 0.389 e. The van der Waals surface area contributed by atoms with E-state index in [1.807, 2.05) is 18.2 Å². The zero-order valence-corrected chi connectivity index (χ0v) is 6.72. The lowest BCUT2D eigenvalue weighted by atomic mass is 10.1. The van der Waals surface area contributed by atoms with E-state index in [1.54, 1.807) is 12.1 Å². The summed E-state index contributed by atoms with van der Waals surface area (Å²) in [7, 11) is 0. The number of hydrogen-bond donors (Lipinski definition) is 3. The number of hydrogen-bond acceptors (Lipinski definition) is 3. The van der Waals surface area contributed by atoms with Crippen molar-refractivity contribution < 1.29 is 10.2 Å². The summed E-state index contributed by atoms with van der Waals surface area (Å²) in [6.45, 7) is 0.0655. The van der Waals surface area contributed by atoms with Gasteiger partial charge in [-0.3, -0.25) is 0 Å². The van der Waals surface area contributed by atoms with Gasteiger partial charge in [0, 0.05) is 6.54 Å². The summed E-state index contributed by atoms with van der Waals surface area (Å²) in [5.41, 5.74) is 5.89. The molecule has 0 fully saturated rings. The maximum atomic E-state index is 9.46. The van der Waals surface area contributed by atoms with E-state index >= 15 is 0 Å². The van der Waals surface area contributed by atoms with Crippen LogP contribution in [0.4, 0.5) is 0 Å². The molecule has 0 radical (unpaired) electrons. The fourth-order valence-electron chi connectivity index (χ4n) is 1.00. The molecule has 0 heterocycles. The SMILES string of the molecule is NC[C@H](O)[C@@H](O)c1ccccc1. The Balaban J connectivity index is 2.71. The Labute approximate surface area is 71.5 Å². The fraction of sp³-hybridized carbons (Fsp3) is 0.333. The predicted octanol–water partition coefficient (Wildman–Crippen LogP) is 0.0396. The second-order valence-corrected chi connectivity index (χ2v) is 2.66. The lowest BCUT2D eigenvalue weighted by Crippen LogP contribution is -2.27.